The van der Waals surface area contributed by atoms with E-state index in [9.17, 15) is 9.59 Å². The second-order valence-electron chi connectivity index (χ2n) is 6.88. The molecule has 1 aliphatic rings. The van der Waals surface area contributed by atoms with E-state index in [1.165, 1.54) is 16.2 Å². The van der Waals surface area contributed by atoms with Gasteiger partial charge in [0.05, 0.1) is 11.6 Å². The molecule has 3 amide bonds. The summed E-state index contributed by atoms with van der Waals surface area (Å²) in [6.45, 7) is 0.474. The van der Waals surface area contributed by atoms with Crippen molar-refractivity contribution >= 4 is 50.0 Å². The monoisotopic (exact) mass is 496 g/mol. The number of hydrogen-bond donors (Lipinski definition) is 2. The highest BCUT2D eigenvalue weighted by atomic mass is 79.9. The van der Waals surface area contributed by atoms with Gasteiger partial charge < -0.3 is 10.2 Å². The Morgan fingerprint density at radius 3 is 2.74 bits per heavy atom. The molecule has 0 aliphatic carbocycles. The van der Waals surface area contributed by atoms with Gasteiger partial charge in [0.15, 0.2) is 0 Å². The number of urea groups is 1. The predicted molar refractivity (Wildman–Crippen MR) is 122 cm³/mol. The highest BCUT2D eigenvalue weighted by Gasteiger charge is 2.34. The van der Waals surface area contributed by atoms with Crippen LogP contribution in [0.4, 0.5) is 15.6 Å². The van der Waals surface area contributed by atoms with E-state index in [4.69, 9.17) is 5.26 Å². The van der Waals surface area contributed by atoms with Crippen molar-refractivity contribution < 1.29 is 9.59 Å². The number of amides is 3. The van der Waals surface area contributed by atoms with E-state index in [0.29, 0.717) is 34.4 Å². The van der Waals surface area contributed by atoms with E-state index in [1.54, 1.807) is 24.3 Å². The van der Waals surface area contributed by atoms with Crippen molar-refractivity contribution in [3.05, 3.63) is 58.6 Å². The molecular weight excluding hydrogens is 480 g/mol. The SMILES string of the molecule is N#Cc1cccc(NC(=O)N2CCCC2C(=O)Nc2nnc(-c3ccc(Br)cc3)s2)c1. The molecule has 1 aromatic heterocycles. The van der Waals surface area contributed by atoms with Crippen molar-refractivity contribution in [3.63, 3.8) is 0 Å². The first kappa shape index (κ1) is 21.0. The second kappa shape index (κ2) is 9.24. The third-order valence-corrected chi connectivity index (χ3v) is 6.22. The van der Waals surface area contributed by atoms with Gasteiger partial charge >= 0.3 is 6.03 Å². The molecule has 1 aliphatic heterocycles. The molecule has 2 heterocycles. The normalized spacial score (nSPS) is 15.4. The number of nitrogens with zero attached hydrogens (tertiary/aromatic N) is 4. The zero-order chi connectivity index (χ0) is 21.8. The fourth-order valence-corrected chi connectivity index (χ4v) is 4.33. The van der Waals surface area contributed by atoms with Gasteiger partial charge in [0.1, 0.15) is 11.0 Å². The molecule has 10 heteroatoms. The first-order chi connectivity index (χ1) is 15.0. The minimum atomic E-state index is -0.598. The Bertz CT molecular complexity index is 1160. The van der Waals surface area contributed by atoms with Crippen LogP contribution in [0.15, 0.2) is 53.0 Å². The first-order valence-corrected chi connectivity index (χ1v) is 11.1. The molecule has 31 heavy (non-hydrogen) atoms. The van der Waals surface area contributed by atoms with Crippen LogP contribution in [0, 0.1) is 11.3 Å². The Hall–Kier alpha value is -3.29. The summed E-state index contributed by atoms with van der Waals surface area (Å²) in [5.74, 6) is -0.295. The number of carbonyl (C=O) groups is 2. The molecule has 1 saturated heterocycles. The minimum Gasteiger partial charge on any atom is -0.312 e. The van der Waals surface area contributed by atoms with Crippen LogP contribution in [0.25, 0.3) is 10.6 Å². The third kappa shape index (κ3) is 4.90. The smallest absolute Gasteiger partial charge is 0.312 e. The van der Waals surface area contributed by atoms with Crippen LogP contribution in [0.1, 0.15) is 18.4 Å². The Morgan fingerprint density at radius 2 is 1.97 bits per heavy atom. The number of nitriles is 1. The molecule has 1 unspecified atom stereocenters. The van der Waals surface area contributed by atoms with Crippen molar-refractivity contribution in [2.75, 3.05) is 17.2 Å². The van der Waals surface area contributed by atoms with Gasteiger partial charge in [-0.1, -0.05) is 45.5 Å². The van der Waals surface area contributed by atoms with E-state index in [2.05, 4.69) is 36.8 Å². The topological polar surface area (TPSA) is 111 Å². The standard InChI is InChI=1S/C21H17BrN6O2S/c22-15-8-6-14(7-9-15)19-26-27-20(31-19)25-18(29)17-5-2-10-28(17)21(30)24-16-4-1-3-13(11-16)12-23/h1,3-4,6-9,11,17H,2,5,10H2,(H,24,30)(H,25,27,29). The highest BCUT2D eigenvalue weighted by Crippen LogP contribution is 2.28. The molecule has 2 aromatic carbocycles. The molecule has 0 bridgehead atoms. The van der Waals surface area contributed by atoms with Crippen LogP contribution in [0.3, 0.4) is 0 Å². The van der Waals surface area contributed by atoms with Crippen molar-refractivity contribution in [2.24, 2.45) is 0 Å². The van der Waals surface area contributed by atoms with Crippen molar-refractivity contribution in [1.29, 1.82) is 5.26 Å². The molecule has 0 radical (unpaired) electrons. The largest absolute Gasteiger partial charge is 0.322 e. The molecule has 2 N–H and O–H groups in total. The summed E-state index contributed by atoms with van der Waals surface area (Å²) in [6, 6.07) is 15.4. The summed E-state index contributed by atoms with van der Waals surface area (Å²) in [5, 5.41) is 23.8. The summed E-state index contributed by atoms with van der Waals surface area (Å²) in [7, 11) is 0. The van der Waals surface area contributed by atoms with Gasteiger partial charge in [-0.05, 0) is 43.2 Å². The molecule has 8 nitrogen and oxygen atoms in total. The van der Waals surface area contributed by atoms with Gasteiger partial charge in [0.25, 0.3) is 0 Å². The summed E-state index contributed by atoms with van der Waals surface area (Å²) in [6.07, 6.45) is 1.29. The lowest BCUT2D eigenvalue weighted by atomic mass is 10.2. The maximum absolute atomic E-state index is 12.8. The Kier molecular flexibility index (Phi) is 6.25. The van der Waals surface area contributed by atoms with Gasteiger partial charge in [-0.3, -0.25) is 10.1 Å². The molecule has 1 atom stereocenters. The number of likely N-dealkylation sites (tertiary alicyclic amines) is 1. The Labute approximate surface area is 191 Å². The van der Waals surface area contributed by atoms with Crippen LogP contribution in [-0.2, 0) is 4.79 Å². The molecule has 3 aromatic rings. The second-order valence-corrected chi connectivity index (χ2v) is 8.78. The minimum absolute atomic E-state index is 0.295. The average Bonchev–Trinajstić information content (AvgIpc) is 3.44. The quantitative estimate of drug-likeness (QED) is 0.553. The maximum atomic E-state index is 12.8. The zero-order valence-corrected chi connectivity index (χ0v) is 18.6. The van der Waals surface area contributed by atoms with E-state index >= 15 is 0 Å². The fraction of sp³-hybridized carbons (Fsp3) is 0.190. The van der Waals surface area contributed by atoms with Crippen molar-refractivity contribution in [3.8, 4) is 16.6 Å². The summed E-state index contributed by atoms with van der Waals surface area (Å²) in [4.78, 5) is 27.1. The lowest BCUT2D eigenvalue weighted by Crippen LogP contribution is -2.45. The van der Waals surface area contributed by atoms with Gasteiger partial charge in [-0.25, -0.2) is 4.79 Å². The number of hydrogen-bond acceptors (Lipinski definition) is 6. The summed E-state index contributed by atoms with van der Waals surface area (Å²) >= 11 is 4.67. The van der Waals surface area contributed by atoms with Crippen molar-refractivity contribution in [1.82, 2.24) is 15.1 Å². The molecule has 156 valence electrons. The van der Waals surface area contributed by atoms with Gasteiger partial charge in [0.2, 0.25) is 11.0 Å². The summed E-state index contributed by atoms with van der Waals surface area (Å²) < 4.78 is 0.966. The number of anilines is 2. The number of carbonyl (C=O) groups excluding carboxylic acids is 2. The van der Waals surface area contributed by atoms with E-state index in [-0.39, 0.29) is 11.9 Å². The third-order valence-electron chi connectivity index (χ3n) is 4.81. The zero-order valence-electron chi connectivity index (χ0n) is 16.2. The van der Waals surface area contributed by atoms with Crippen LogP contribution < -0.4 is 10.6 Å². The van der Waals surface area contributed by atoms with Crippen LogP contribution in [-0.4, -0.2) is 39.6 Å². The first-order valence-electron chi connectivity index (χ1n) is 9.51. The van der Waals surface area contributed by atoms with Crippen LogP contribution >= 0.6 is 27.3 Å². The molecule has 0 spiro atoms. The van der Waals surface area contributed by atoms with E-state index in [1.807, 2.05) is 30.3 Å². The number of halogens is 1. The molecular formula is C21H17BrN6O2S. The Morgan fingerprint density at radius 1 is 1.16 bits per heavy atom. The van der Waals surface area contributed by atoms with Crippen LogP contribution in [0.2, 0.25) is 0 Å². The van der Waals surface area contributed by atoms with Gasteiger partial charge in [-0.2, -0.15) is 5.26 Å². The number of nitrogens with one attached hydrogen (secondary N) is 2. The number of aromatic nitrogens is 2. The fourth-order valence-electron chi connectivity index (χ4n) is 3.32. The van der Waals surface area contributed by atoms with Crippen molar-refractivity contribution in [2.45, 2.75) is 18.9 Å². The van der Waals surface area contributed by atoms with E-state index < -0.39 is 6.04 Å². The molecule has 4 rings (SSSR count). The van der Waals surface area contributed by atoms with Gasteiger partial charge in [0, 0.05) is 22.3 Å². The van der Waals surface area contributed by atoms with E-state index in [0.717, 1.165) is 16.5 Å². The average molecular weight is 497 g/mol. The van der Waals surface area contributed by atoms with Crippen LogP contribution in [0.5, 0.6) is 0 Å². The van der Waals surface area contributed by atoms with Gasteiger partial charge in [-0.15, -0.1) is 10.2 Å². The lowest BCUT2D eigenvalue weighted by molar-refractivity contribution is -0.119. The maximum Gasteiger partial charge on any atom is 0.322 e. The Balaban J connectivity index is 1.41. The highest BCUT2D eigenvalue weighted by molar-refractivity contribution is 9.10. The lowest BCUT2D eigenvalue weighted by Gasteiger charge is -2.23. The molecule has 1 fully saturated rings. The summed E-state index contributed by atoms with van der Waals surface area (Å²) in [5.41, 5.74) is 1.87. The number of benzene rings is 2. The predicted octanol–water partition coefficient (Wildman–Crippen LogP) is 4.47. The molecule has 0 saturated carbocycles. The number of rotatable bonds is 4.